The molecule has 1 amide bonds. The fraction of sp³-hybridized carbons (Fsp3) is 0.182. The lowest BCUT2D eigenvalue weighted by molar-refractivity contribution is -0.143. The number of benzene rings is 1. The van der Waals surface area contributed by atoms with E-state index in [2.05, 4.69) is 25.6 Å². The second-order valence-electron chi connectivity index (χ2n) is 7.52. The van der Waals surface area contributed by atoms with Crippen LogP contribution in [0.5, 0.6) is 0 Å². The van der Waals surface area contributed by atoms with Gasteiger partial charge < -0.3 is 5.32 Å². The molecular formula is C22H16F6N6O. The van der Waals surface area contributed by atoms with Gasteiger partial charge in [-0.15, -0.1) is 0 Å². The maximum Gasteiger partial charge on any atom is 0.416 e. The number of aromatic amines is 1. The Kier molecular flexibility index (Phi) is 6.09. The minimum atomic E-state index is -5.01. The Bertz CT molecular complexity index is 1340. The highest BCUT2D eigenvalue weighted by Crippen LogP contribution is 2.39. The van der Waals surface area contributed by atoms with Crippen molar-refractivity contribution in [1.82, 2.24) is 25.0 Å². The minimum absolute atomic E-state index is 0.0788. The average Bonchev–Trinajstić information content (AvgIpc) is 3.48. The van der Waals surface area contributed by atoms with Crippen molar-refractivity contribution in [2.75, 3.05) is 5.32 Å². The second-order valence-corrected chi connectivity index (χ2v) is 7.52. The number of hydrogen-bond donors (Lipinski definition) is 2. The van der Waals surface area contributed by atoms with Gasteiger partial charge in [0, 0.05) is 12.4 Å². The summed E-state index contributed by atoms with van der Waals surface area (Å²) in [4.78, 5) is 16.7. The van der Waals surface area contributed by atoms with Gasteiger partial charge in [0.1, 0.15) is 11.4 Å². The van der Waals surface area contributed by atoms with Gasteiger partial charge in [-0.05, 0) is 42.8 Å². The van der Waals surface area contributed by atoms with Crippen molar-refractivity contribution in [3.8, 4) is 11.4 Å². The number of halogens is 6. The molecule has 13 heteroatoms. The van der Waals surface area contributed by atoms with Gasteiger partial charge in [0.05, 0.1) is 34.7 Å². The highest BCUT2D eigenvalue weighted by Gasteiger charge is 2.39. The van der Waals surface area contributed by atoms with E-state index in [1.165, 1.54) is 25.4 Å². The zero-order chi connectivity index (χ0) is 25.4. The van der Waals surface area contributed by atoms with E-state index in [-0.39, 0.29) is 17.4 Å². The molecule has 0 radical (unpaired) electrons. The van der Waals surface area contributed by atoms with Crippen molar-refractivity contribution in [2.45, 2.75) is 25.3 Å². The first-order valence-corrected chi connectivity index (χ1v) is 10.0. The molecule has 0 aliphatic heterocycles. The zero-order valence-corrected chi connectivity index (χ0v) is 17.8. The SMILES string of the molecule is CC(c1ccc(C(F)(F)F)cc1C(F)(F)F)n1cc(NC(=O)c2cc(-c3ccccn3)n[nH]2)cn1. The Labute approximate surface area is 193 Å². The topological polar surface area (TPSA) is 88.5 Å². The number of H-pyrrole nitrogens is 1. The molecule has 0 fully saturated rings. The van der Waals surface area contributed by atoms with Gasteiger partial charge in [-0.3, -0.25) is 19.6 Å². The summed E-state index contributed by atoms with van der Waals surface area (Å²) in [7, 11) is 0. The number of rotatable bonds is 5. The molecule has 3 heterocycles. The van der Waals surface area contributed by atoms with E-state index in [4.69, 9.17) is 0 Å². The molecular weight excluding hydrogens is 478 g/mol. The fourth-order valence-corrected chi connectivity index (χ4v) is 3.38. The number of alkyl halides is 6. The second kappa shape index (κ2) is 8.89. The Morgan fingerprint density at radius 2 is 1.80 bits per heavy atom. The lowest BCUT2D eigenvalue weighted by Crippen LogP contribution is -2.17. The van der Waals surface area contributed by atoms with Crippen molar-refractivity contribution in [2.24, 2.45) is 0 Å². The number of carbonyl (C=O) groups is 1. The molecule has 1 aromatic carbocycles. The van der Waals surface area contributed by atoms with Crippen LogP contribution >= 0.6 is 0 Å². The summed E-state index contributed by atoms with van der Waals surface area (Å²) < 4.78 is 80.5. The van der Waals surface area contributed by atoms with Gasteiger partial charge in [-0.25, -0.2) is 0 Å². The molecule has 0 spiro atoms. The molecule has 1 atom stereocenters. The van der Waals surface area contributed by atoms with E-state index in [1.807, 2.05) is 0 Å². The molecule has 7 nitrogen and oxygen atoms in total. The maximum atomic E-state index is 13.5. The number of nitrogens with zero attached hydrogens (tertiary/aromatic N) is 4. The largest absolute Gasteiger partial charge is 0.416 e. The fourth-order valence-electron chi connectivity index (χ4n) is 3.38. The predicted molar refractivity (Wildman–Crippen MR) is 112 cm³/mol. The summed E-state index contributed by atoms with van der Waals surface area (Å²) in [6, 6.07) is 7.03. The number of hydrogen-bond acceptors (Lipinski definition) is 4. The Hall–Kier alpha value is -4.16. The van der Waals surface area contributed by atoms with Crippen molar-refractivity contribution in [1.29, 1.82) is 0 Å². The van der Waals surface area contributed by atoms with Crippen LogP contribution in [0.2, 0.25) is 0 Å². The predicted octanol–water partition coefficient (Wildman–Crippen LogP) is 5.57. The summed E-state index contributed by atoms with van der Waals surface area (Å²) in [5, 5.41) is 13.1. The number of aromatic nitrogens is 5. The van der Waals surface area contributed by atoms with Gasteiger partial charge in [-0.2, -0.15) is 36.5 Å². The summed E-state index contributed by atoms with van der Waals surface area (Å²) in [5.41, 5.74) is -1.98. The summed E-state index contributed by atoms with van der Waals surface area (Å²) in [6.07, 6.45) is -5.88. The summed E-state index contributed by atoms with van der Waals surface area (Å²) >= 11 is 0. The number of pyridine rings is 1. The van der Waals surface area contributed by atoms with Crippen molar-refractivity contribution in [3.63, 3.8) is 0 Å². The van der Waals surface area contributed by atoms with Crippen molar-refractivity contribution in [3.05, 3.63) is 83.4 Å². The Morgan fingerprint density at radius 3 is 2.46 bits per heavy atom. The van der Waals surface area contributed by atoms with Crippen molar-refractivity contribution >= 4 is 11.6 Å². The average molecular weight is 494 g/mol. The van der Waals surface area contributed by atoms with Crippen LogP contribution in [0.15, 0.2) is 61.1 Å². The lowest BCUT2D eigenvalue weighted by Gasteiger charge is -2.20. The maximum absolute atomic E-state index is 13.5. The number of carbonyl (C=O) groups excluding carboxylic acids is 1. The molecule has 0 aliphatic rings. The van der Waals surface area contributed by atoms with E-state index in [1.54, 1.807) is 24.4 Å². The lowest BCUT2D eigenvalue weighted by atomic mass is 9.98. The van der Waals surface area contributed by atoms with Crippen LogP contribution < -0.4 is 5.32 Å². The number of amides is 1. The first-order valence-electron chi connectivity index (χ1n) is 10.0. The van der Waals surface area contributed by atoms with Crippen LogP contribution in [0.3, 0.4) is 0 Å². The third-order valence-corrected chi connectivity index (χ3v) is 5.14. The summed E-state index contributed by atoms with van der Waals surface area (Å²) in [6.45, 7) is 1.35. The Morgan fingerprint density at radius 1 is 1.03 bits per heavy atom. The van der Waals surface area contributed by atoms with Crippen LogP contribution in [0.25, 0.3) is 11.4 Å². The molecule has 4 rings (SSSR count). The Balaban J connectivity index is 1.54. The van der Waals surface area contributed by atoms with Crippen LogP contribution in [-0.4, -0.2) is 30.9 Å². The highest BCUT2D eigenvalue weighted by atomic mass is 19.4. The molecule has 35 heavy (non-hydrogen) atoms. The molecule has 1 unspecified atom stereocenters. The molecule has 0 saturated heterocycles. The normalized spacial score (nSPS) is 13.0. The molecule has 0 aliphatic carbocycles. The minimum Gasteiger partial charge on any atom is -0.318 e. The molecule has 4 aromatic rings. The zero-order valence-electron chi connectivity index (χ0n) is 17.8. The molecule has 0 bridgehead atoms. The van der Waals surface area contributed by atoms with Gasteiger partial charge >= 0.3 is 12.4 Å². The van der Waals surface area contributed by atoms with Gasteiger partial charge in [-0.1, -0.05) is 12.1 Å². The standard InChI is InChI=1S/C22H16F6N6O/c1-12(15-6-5-13(21(23,24)25)8-16(15)22(26,27)28)34-11-14(10-30-34)31-20(35)19-9-18(32-33-19)17-4-2-3-7-29-17/h2-12H,1H3,(H,31,35)(H,32,33). The monoisotopic (exact) mass is 494 g/mol. The van der Waals surface area contributed by atoms with E-state index in [0.29, 0.717) is 17.5 Å². The van der Waals surface area contributed by atoms with Gasteiger partial charge in [0.2, 0.25) is 0 Å². The third kappa shape index (κ3) is 5.18. The summed E-state index contributed by atoms with van der Waals surface area (Å²) in [5.74, 6) is -0.586. The van der Waals surface area contributed by atoms with Crippen LogP contribution in [0.1, 0.15) is 40.1 Å². The molecule has 2 N–H and O–H groups in total. The molecule has 182 valence electrons. The smallest absolute Gasteiger partial charge is 0.318 e. The van der Waals surface area contributed by atoms with Crippen molar-refractivity contribution < 1.29 is 31.1 Å². The van der Waals surface area contributed by atoms with E-state index in [9.17, 15) is 31.1 Å². The quantitative estimate of drug-likeness (QED) is 0.355. The third-order valence-electron chi connectivity index (χ3n) is 5.14. The van der Waals surface area contributed by atoms with Crippen LogP contribution in [-0.2, 0) is 12.4 Å². The highest BCUT2D eigenvalue weighted by molar-refractivity contribution is 6.03. The number of nitrogens with one attached hydrogen (secondary N) is 2. The molecule has 3 aromatic heterocycles. The van der Waals surface area contributed by atoms with Gasteiger partial charge in [0.25, 0.3) is 5.91 Å². The van der Waals surface area contributed by atoms with Gasteiger partial charge in [0.15, 0.2) is 0 Å². The van der Waals surface area contributed by atoms with E-state index < -0.39 is 41.0 Å². The number of anilines is 1. The van der Waals surface area contributed by atoms with E-state index >= 15 is 0 Å². The molecule has 0 saturated carbocycles. The van der Waals surface area contributed by atoms with Crippen LogP contribution in [0.4, 0.5) is 32.0 Å². The first-order chi connectivity index (χ1) is 16.4. The van der Waals surface area contributed by atoms with E-state index in [0.717, 1.165) is 10.7 Å². The van der Waals surface area contributed by atoms with Crippen LogP contribution in [0, 0.1) is 0 Å². The first kappa shape index (κ1) is 24.0.